The summed E-state index contributed by atoms with van der Waals surface area (Å²) < 4.78 is 26.0. The fraction of sp³-hybridized carbons (Fsp3) is 0.500. The number of nitrogens with zero attached hydrogens (tertiary/aromatic N) is 1. The lowest BCUT2D eigenvalue weighted by Gasteiger charge is -2.28. The van der Waals surface area contributed by atoms with E-state index in [9.17, 15) is 19.2 Å². The molecule has 0 radical (unpaired) electrons. The molecular weight excluding hydrogens is 446 g/mol. The Hall–Kier alpha value is -3.74. The summed E-state index contributed by atoms with van der Waals surface area (Å²) in [4.78, 5) is 51.3. The first-order valence-electron chi connectivity index (χ1n) is 10.5. The summed E-state index contributed by atoms with van der Waals surface area (Å²) in [6, 6.07) is 3.29. The van der Waals surface area contributed by atoms with E-state index < -0.39 is 47.7 Å². The third-order valence-corrected chi connectivity index (χ3v) is 5.13. The Morgan fingerprint density at radius 3 is 2.29 bits per heavy atom. The van der Waals surface area contributed by atoms with Crippen LogP contribution in [0.25, 0.3) is 0 Å². The molecule has 184 valence electrons. The summed E-state index contributed by atoms with van der Waals surface area (Å²) in [7, 11) is 3.59. The molecule has 0 bridgehead atoms. The molecule has 1 saturated heterocycles. The first-order valence-corrected chi connectivity index (χ1v) is 10.5. The van der Waals surface area contributed by atoms with Gasteiger partial charge in [0.25, 0.3) is 0 Å². The number of likely N-dealkylation sites (tertiary alicyclic amines) is 1. The molecule has 10 nitrogen and oxygen atoms in total. The van der Waals surface area contributed by atoms with E-state index in [1.807, 2.05) is 0 Å². The molecule has 1 aliphatic rings. The number of hydrogen-bond acceptors (Lipinski definition) is 9. The molecule has 1 amide bonds. The molecule has 1 heterocycles. The smallest absolute Gasteiger partial charge is 0.411 e. The van der Waals surface area contributed by atoms with Gasteiger partial charge in [-0.15, -0.1) is 6.42 Å². The van der Waals surface area contributed by atoms with Gasteiger partial charge in [0.1, 0.15) is 29.1 Å². The van der Waals surface area contributed by atoms with Crippen molar-refractivity contribution in [2.24, 2.45) is 5.92 Å². The molecule has 0 aromatic heterocycles. The summed E-state index contributed by atoms with van der Waals surface area (Å²) in [5.41, 5.74) is -0.356. The maximum absolute atomic E-state index is 12.9. The van der Waals surface area contributed by atoms with Crippen LogP contribution < -0.4 is 4.74 Å². The Morgan fingerprint density at radius 1 is 1.09 bits per heavy atom. The molecule has 1 fully saturated rings. The SMILES string of the molecule is C#Cc1ccc(OC2CN(C(=O)OC(C)(C)C)[C@H](C(=O)OC)[C@H]2CC(=O)OC)c(C(=O)OC)c1. The van der Waals surface area contributed by atoms with Gasteiger partial charge in [-0.2, -0.15) is 0 Å². The predicted octanol–water partition coefficient (Wildman–Crippen LogP) is 2.17. The summed E-state index contributed by atoms with van der Waals surface area (Å²) in [5, 5.41) is 0. The molecule has 10 heteroatoms. The van der Waals surface area contributed by atoms with Crippen LogP contribution in [0.5, 0.6) is 5.75 Å². The molecule has 1 aromatic rings. The van der Waals surface area contributed by atoms with Gasteiger partial charge in [-0.3, -0.25) is 9.69 Å². The van der Waals surface area contributed by atoms with Crippen molar-refractivity contribution in [3.63, 3.8) is 0 Å². The lowest BCUT2D eigenvalue weighted by molar-refractivity contribution is -0.149. The maximum Gasteiger partial charge on any atom is 0.411 e. The van der Waals surface area contributed by atoms with Crippen LogP contribution in [-0.2, 0) is 28.5 Å². The van der Waals surface area contributed by atoms with Gasteiger partial charge in [-0.05, 0) is 39.0 Å². The fourth-order valence-electron chi connectivity index (χ4n) is 3.61. The van der Waals surface area contributed by atoms with Crippen LogP contribution in [0, 0.1) is 18.3 Å². The molecule has 1 unspecified atom stereocenters. The number of rotatable bonds is 6. The topological polar surface area (TPSA) is 118 Å². The van der Waals surface area contributed by atoms with Crippen molar-refractivity contribution in [1.82, 2.24) is 4.90 Å². The van der Waals surface area contributed by atoms with Gasteiger partial charge in [0.05, 0.1) is 34.3 Å². The summed E-state index contributed by atoms with van der Waals surface area (Å²) in [6.07, 6.45) is 3.51. The van der Waals surface area contributed by atoms with E-state index in [1.165, 1.54) is 33.5 Å². The lowest BCUT2D eigenvalue weighted by Crippen LogP contribution is -2.46. The highest BCUT2D eigenvalue weighted by atomic mass is 16.6. The highest BCUT2D eigenvalue weighted by Gasteiger charge is 2.52. The highest BCUT2D eigenvalue weighted by Crippen LogP contribution is 2.34. The standard InChI is InChI=1S/C24H29NO9/c1-8-14-9-10-17(16(11-14)21(27)31-6)33-18-13-25(23(29)34-24(2,3)4)20(22(28)32-7)15(18)12-19(26)30-5/h1,9-11,15,18,20H,12-13H2,2-7H3/t15-,18?,20-/m0/s1. The first kappa shape index (κ1) is 26.5. The number of amides is 1. The number of methoxy groups -OCH3 is 3. The zero-order valence-electron chi connectivity index (χ0n) is 20.1. The van der Waals surface area contributed by atoms with Crippen LogP contribution in [0.2, 0.25) is 0 Å². The third-order valence-electron chi connectivity index (χ3n) is 5.13. The van der Waals surface area contributed by atoms with Crippen LogP contribution in [0.1, 0.15) is 43.1 Å². The van der Waals surface area contributed by atoms with Gasteiger partial charge in [-0.1, -0.05) is 5.92 Å². The molecule has 0 N–H and O–H groups in total. The van der Waals surface area contributed by atoms with E-state index in [0.29, 0.717) is 5.56 Å². The average molecular weight is 475 g/mol. The minimum Gasteiger partial charge on any atom is -0.487 e. The van der Waals surface area contributed by atoms with E-state index in [2.05, 4.69) is 5.92 Å². The van der Waals surface area contributed by atoms with Crippen molar-refractivity contribution >= 4 is 24.0 Å². The second-order valence-corrected chi connectivity index (χ2v) is 8.55. The normalized spacial score (nSPS) is 19.6. The van der Waals surface area contributed by atoms with Crippen LogP contribution in [0.4, 0.5) is 4.79 Å². The molecule has 2 rings (SSSR count). The van der Waals surface area contributed by atoms with Crippen molar-refractivity contribution in [2.45, 2.75) is 44.9 Å². The quantitative estimate of drug-likeness (QED) is 0.346. The minimum absolute atomic E-state index is 0.0557. The maximum atomic E-state index is 12.9. The van der Waals surface area contributed by atoms with Gasteiger partial charge >= 0.3 is 24.0 Å². The molecular formula is C24H29NO9. The Bertz CT molecular complexity index is 989. The number of ether oxygens (including phenoxy) is 5. The molecule has 1 aromatic carbocycles. The Labute approximate surface area is 198 Å². The van der Waals surface area contributed by atoms with Crippen LogP contribution in [-0.4, -0.2) is 74.5 Å². The van der Waals surface area contributed by atoms with E-state index in [0.717, 1.165) is 4.90 Å². The monoisotopic (exact) mass is 475 g/mol. The molecule has 3 atom stereocenters. The predicted molar refractivity (Wildman–Crippen MR) is 119 cm³/mol. The second-order valence-electron chi connectivity index (χ2n) is 8.55. The number of benzene rings is 1. The van der Waals surface area contributed by atoms with E-state index in [1.54, 1.807) is 26.8 Å². The molecule has 1 aliphatic heterocycles. The van der Waals surface area contributed by atoms with Crippen molar-refractivity contribution in [3.8, 4) is 18.1 Å². The van der Waals surface area contributed by atoms with E-state index >= 15 is 0 Å². The van der Waals surface area contributed by atoms with Gasteiger partial charge in [0.15, 0.2) is 0 Å². The minimum atomic E-state index is -1.18. The molecule has 0 spiro atoms. The van der Waals surface area contributed by atoms with Gasteiger partial charge in [0, 0.05) is 11.5 Å². The van der Waals surface area contributed by atoms with Crippen molar-refractivity contribution in [3.05, 3.63) is 29.3 Å². The highest BCUT2D eigenvalue weighted by molar-refractivity contribution is 5.93. The average Bonchev–Trinajstić information content (AvgIpc) is 3.14. The Kier molecular flexibility index (Phi) is 8.51. The number of carbonyl (C=O) groups is 4. The zero-order chi connectivity index (χ0) is 25.6. The van der Waals surface area contributed by atoms with Crippen molar-refractivity contribution < 1.29 is 42.9 Å². The van der Waals surface area contributed by atoms with Crippen LogP contribution >= 0.6 is 0 Å². The zero-order valence-corrected chi connectivity index (χ0v) is 20.1. The van der Waals surface area contributed by atoms with Crippen molar-refractivity contribution in [1.29, 1.82) is 0 Å². The number of terminal acetylenes is 1. The van der Waals surface area contributed by atoms with E-state index in [-0.39, 0.29) is 24.3 Å². The fourth-order valence-corrected chi connectivity index (χ4v) is 3.61. The number of hydrogen-bond donors (Lipinski definition) is 0. The Morgan fingerprint density at radius 2 is 1.76 bits per heavy atom. The van der Waals surface area contributed by atoms with Crippen LogP contribution in [0.15, 0.2) is 18.2 Å². The molecule has 0 aliphatic carbocycles. The Balaban J connectivity index is 2.51. The number of esters is 3. The van der Waals surface area contributed by atoms with Crippen molar-refractivity contribution in [2.75, 3.05) is 27.9 Å². The second kappa shape index (κ2) is 10.9. The number of carbonyl (C=O) groups excluding carboxylic acids is 4. The van der Waals surface area contributed by atoms with Gasteiger partial charge in [0.2, 0.25) is 0 Å². The summed E-state index contributed by atoms with van der Waals surface area (Å²) >= 11 is 0. The van der Waals surface area contributed by atoms with Gasteiger partial charge < -0.3 is 23.7 Å². The molecule has 34 heavy (non-hydrogen) atoms. The van der Waals surface area contributed by atoms with Gasteiger partial charge in [-0.25, -0.2) is 14.4 Å². The largest absolute Gasteiger partial charge is 0.487 e. The summed E-state index contributed by atoms with van der Waals surface area (Å²) in [5.74, 6) is -0.373. The summed E-state index contributed by atoms with van der Waals surface area (Å²) in [6.45, 7) is 4.94. The lowest BCUT2D eigenvalue weighted by atomic mass is 9.94. The van der Waals surface area contributed by atoms with Crippen LogP contribution in [0.3, 0.4) is 0 Å². The van der Waals surface area contributed by atoms with E-state index in [4.69, 9.17) is 30.1 Å². The third kappa shape index (κ3) is 6.19. The first-order chi connectivity index (χ1) is 15.9. The molecule has 0 saturated carbocycles.